The average molecular weight is 352 g/mol. The van der Waals surface area contributed by atoms with Crippen molar-refractivity contribution in [1.29, 1.82) is 0 Å². The van der Waals surface area contributed by atoms with Gasteiger partial charge in [0, 0.05) is 33.4 Å². The molecule has 0 rings (SSSR count). The molecule has 0 atom stereocenters. The maximum atomic E-state index is 11.0. The van der Waals surface area contributed by atoms with E-state index in [-0.39, 0.29) is 0 Å². The number of hydrogen-bond donors (Lipinski definition) is 1. The maximum Gasteiger partial charge on any atom is 0.680 e. The van der Waals surface area contributed by atoms with Gasteiger partial charge in [0.25, 0.3) is 0 Å². The predicted octanol–water partition coefficient (Wildman–Crippen LogP) is 3.11. The molecule has 0 saturated heterocycles. The molecule has 0 saturated carbocycles. The molecule has 0 heterocycles. The molecule has 1 N–H and O–H groups in total. The highest BCUT2D eigenvalue weighted by Crippen LogP contribution is 2.31. The van der Waals surface area contributed by atoms with E-state index in [0.29, 0.717) is 32.8 Å². The molecule has 0 aromatic carbocycles. The molecule has 0 aromatic heterocycles. The van der Waals surface area contributed by atoms with E-state index in [4.69, 9.17) is 22.8 Å². The van der Waals surface area contributed by atoms with Crippen molar-refractivity contribution in [1.82, 2.24) is 4.90 Å². The molecule has 0 fully saturated rings. The van der Waals surface area contributed by atoms with Gasteiger partial charge < -0.3 is 27.7 Å². The summed E-state index contributed by atoms with van der Waals surface area (Å²) in [5.74, 6) is 0. The first-order valence-electron chi connectivity index (χ1n) is 8.40. The van der Waals surface area contributed by atoms with Crippen LogP contribution in [0.4, 0.5) is 4.79 Å². The second-order valence-corrected chi connectivity index (χ2v) is 7.32. The summed E-state index contributed by atoms with van der Waals surface area (Å²) in [6.07, 6.45) is 1.05. The summed E-state index contributed by atoms with van der Waals surface area (Å²) in [6.45, 7) is 11.4. The molecule has 1 amide bonds. The van der Waals surface area contributed by atoms with Gasteiger partial charge in [0.15, 0.2) is 0 Å². The Kier molecular flexibility index (Phi) is 10.7. The molecule has 23 heavy (non-hydrogen) atoms. The van der Waals surface area contributed by atoms with Crippen LogP contribution in [0, 0.1) is 0 Å². The number of rotatable bonds is 13. The summed E-state index contributed by atoms with van der Waals surface area (Å²) < 4.78 is 23.6. The van der Waals surface area contributed by atoms with E-state index in [9.17, 15) is 4.79 Å². The van der Waals surface area contributed by atoms with E-state index < -0.39 is 20.7 Å². The summed E-state index contributed by atoms with van der Waals surface area (Å²) in [7, 11) is -1.69. The van der Waals surface area contributed by atoms with Crippen LogP contribution in [-0.2, 0) is 17.7 Å². The number of amides is 1. The van der Waals surface area contributed by atoms with Crippen LogP contribution in [0.25, 0.3) is 0 Å². The van der Waals surface area contributed by atoms with Gasteiger partial charge in [0.2, 0.25) is 0 Å². The van der Waals surface area contributed by atoms with Gasteiger partial charge in [-0.3, -0.25) is 0 Å². The van der Waals surface area contributed by atoms with Crippen LogP contribution in [0.3, 0.4) is 0 Å². The van der Waals surface area contributed by atoms with Crippen molar-refractivity contribution in [3.05, 3.63) is 0 Å². The lowest BCUT2D eigenvalue weighted by Gasteiger charge is -2.39. The highest BCUT2D eigenvalue weighted by molar-refractivity contribution is 6.53. The van der Waals surface area contributed by atoms with E-state index in [1.54, 1.807) is 7.05 Å². The van der Waals surface area contributed by atoms with Crippen LogP contribution in [0.2, 0.25) is 0 Å². The van der Waals surface area contributed by atoms with Gasteiger partial charge >= 0.3 is 15.1 Å². The highest BCUT2D eigenvalue weighted by Gasteiger charge is 2.50. The standard InChI is InChI=1S/C15H33NO6Si/c1-7-15(8-2,12-13-16(6)14(17)18)22-23(19-9-3,20-10-4)21-11-5/h7-13H2,1-6H3,(H,17,18). The third-order valence-corrected chi connectivity index (χ3v) is 6.43. The fourth-order valence-corrected chi connectivity index (χ4v) is 4.68. The third-order valence-electron chi connectivity index (χ3n) is 3.82. The number of hydrogen-bond acceptors (Lipinski definition) is 5. The molecule has 0 spiro atoms. The molecule has 0 aliphatic carbocycles. The van der Waals surface area contributed by atoms with Crippen LogP contribution in [-0.4, -0.2) is 64.2 Å². The number of carbonyl (C=O) groups is 1. The maximum absolute atomic E-state index is 11.0. The number of nitrogens with zero attached hydrogens (tertiary/aromatic N) is 1. The van der Waals surface area contributed by atoms with Gasteiger partial charge in [-0.15, -0.1) is 0 Å². The van der Waals surface area contributed by atoms with E-state index in [1.165, 1.54) is 4.90 Å². The SMILES string of the molecule is CCO[Si](OCC)(OCC)OC(CC)(CC)CCN(C)C(=O)O. The van der Waals surface area contributed by atoms with Crippen molar-refractivity contribution in [2.75, 3.05) is 33.4 Å². The Morgan fingerprint density at radius 2 is 1.43 bits per heavy atom. The summed E-state index contributed by atoms with van der Waals surface area (Å²) in [5.41, 5.74) is -0.532. The molecular formula is C15H33NO6Si. The van der Waals surface area contributed by atoms with Gasteiger partial charge in [-0.25, -0.2) is 4.79 Å². The molecule has 138 valence electrons. The monoisotopic (exact) mass is 351 g/mol. The first-order chi connectivity index (χ1) is 10.8. The zero-order valence-electron chi connectivity index (χ0n) is 15.4. The predicted molar refractivity (Wildman–Crippen MR) is 90.3 cm³/mol. The molecule has 0 aromatic rings. The quantitative estimate of drug-likeness (QED) is 0.514. The van der Waals surface area contributed by atoms with E-state index >= 15 is 0 Å². The fourth-order valence-electron chi connectivity index (χ4n) is 2.27. The highest BCUT2D eigenvalue weighted by atomic mass is 28.4. The molecule has 0 unspecified atom stereocenters. The van der Waals surface area contributed by atoms with Crippen molar-refractivity contribution in [3.8, 4) is 0 Å². The van der Waals surface area contributed by atoms with Crippen LogP contribution < -0.4 is 0 Å². The molecule has 8 heteroatoms. The van der Waals surface area contributed by atoms with Gasteiger partial charge in [-0.05, 0) is 40.0 Å². The first kappa shape index (κ1) is 22.3. The Bertz CT molecular complexity index is 321. The smallest absolute Gasteiger partial charge is 0.465 e. The summed E-state index contributed by atoms with van der Waals surface area (Å²) >= 11 is 0. The topological polar surface area (TPSA) is 77.5 Å². The number of carboxylic acid groups (broad SMARTS) is 1. The van der Waals surface area contributed by atoms with E-state index in [0.717, 1.165) is 12.8 Å². The normalized spacial score (nSPS) is 12.4. The summed E-state index contributed by atoms with van der Waals surface area (Å²) in [5, 5.41) is 9.03. The molecule has 0 bridgehead atoms. The van der Waals surface area contributed by atoms with E-state index in [2.05, 4.69) is 0 Å². The molecule has 0 aliphatic rings. The van der Waals surface area contributed by atoms with Crippen LogP contribution in [0.5, 0.6) is 0 Å². The fraction of sp³-hybridized carbons (Fsp3) is 0.933. The lowest BCUT2D eigenvalue weighted by molar-refractivity contribution is -0.0978. The van der Waals surface area contributed by atoms with Crippen LogP contribution >= 0.6 is 0 Å². The second kappa shape index (κ2) is 11.0. The van der Waals surface area contributed by atoms with Crippen molar-refractivity contribution in [2.24, 2.45) is 0 Å². The van der Waals surface area contributed by atoms with Gasteiger partial charge in [0.1, 0.15) is 0 Å². The lowest BCUT2D eigenvalue weighted by atomic mass is 9.93. The Labute approximate surface area is 141 Å². The van der Waals surface area contributed by atoms with Crippen LogP contribution in [0.1, 0.15) is 53.9 Å². The van der Waals surface area contributed by atoms with Crippen molar-refractivity contribution < 1.29 is 27.6 Å². The van der Waals surface area contributed by atoms with Crippen molar-refractivity contribution in [2.45, 2.75) is 59.5 Å². The third kappa shape index (κ3) is 7.17. The Hall–Kier alpha value is -0.673. The molecule has 0 aliphatic heterocycles. The van der Waals surface area contributed by atoms with Crippen LogP contribution in [0.15, 0.2) is 0 Å². The first-order valence-corrected chi connectivity index (χ1v) is 10.0. The minimum absolute atomic E-state index is 0.381. The largest absolute Gasteiger partial charge is 0.680 e. The van der Waals surface area contributed by atoms with Gasteiger partial charge in [-0.2, -0.15) is 0 Å². The lowest BCUT2D eigenvalue weighted by Crippen LogP contribution is -2.56. The Morgan fingerprint density at radius 3 is 1.74 bits per heavy atom. The Morgan fingerprint density at radius 1 is 1.00 bits per heavy atom. The molecular weight excluding hydrogens is 318 g/mol. The summed E-state index contributed by atoms with van der Waals surface area (Å²) in [4.78, 5) is 12.3. The Balaban J connectivity index is 5.24. The second-order valence-electron chi connectivity index (χ2n) is 5.25. The minimum atomic E-state index is -3.24. The summed E-state index contributed by atoms with van der Waals surface area (Å²) in [6, 6.07) is 0. The van der Waals surface area contributed by atoms with Crippen molar-refractivity contribution >= 4 is 15.1 Å². The zero-order chi connectivity index (χ0) is 17.9. The van der Waals surface area contributed by atoms with Crippen molar-refractivity contribution in [3.63, 3.8) is 0 Å². The average Bonchev–Trinajstić information content (AvgIpc) is 2.52. The van der Waals surface area contributed by atoms with E-state index in [1.807, 2.05) is 34.6 Å². The van der Waals surface area contributed by atoms with Gasteiger partial charge in [0.05, 0.1) is 5.60 Å². The molecule has 7 nitrogen and oxygen atoms in total. The minimum Gasteiger partial charge on any atom is -0.465 e. The van der Waals surface area contributed by atoms with Gasteiger partial charge in [-0.1, -0.05) is 13.8 Å². The molecule has 0 radical (unpaired) electrons. The zero-order valence-corrected chi connectivity index (χ0v) is 16.4.